The molecule has 0 saturated heterocycles. The number of urea groups is 1. The highest BCUT2D eigenvalue weighted by molar-refractivity contribution is 6.09. The van der Waals surface area contributed by atoms with E-state index in [2.05, 4.69) is 31.0 Å². The monoisotopic (exact) mass is 623 g/mol. The third kappa shape index (κ3) is 6.63. The zero-order valence-corrected chi connectivity index (χ0v) is 24.6. The predicted molar refractivity (Wildman–Crippen MR) is 159 cm³/mol. The molecule has 4 amide bonds. The molecular formula is C29H28F3N9O4. The highest BCUT2D eigenvalue weighted by Gasteiger charge is 2.35. The van der Waals surface area contributed by atoms with Crippen molar-refractivity contribution in [3.63, 3.8) is 0 Å². The third-order valence-corrected chi connectivity index (χ3v) is 6.86. The maximum Gasteiger partial charge on any atom is 0.416 e. The van der Waals surface area contributed by atoms with Gasteiger partial charge in [-0.2, -0.15) is 23.3 Å². The Labute approximate surface area is 255 Å². The number of alkyl halides is 3. The summed E-state index contributed by atoms with van der Waals surface area (Å²) in [5.74, 6) is 0.0221. The van der Waals surface area contributed by atoms with Gasteiger partial charge in [0.05, 0.1) is 30.6 Å². The molecule has 1 aliphatic heterocycles. The smallest absolute Gasteiger partial charge is 0.416 e. The molecule has 2 aromatic carbocycles. The van der Waals surface area contributed by atoms with E-state index in [4.69, 9.17) is 4.74 Å². The van der Waals surface area contributed by atoms with E-state index in [9.17, 15) is 27.6 Å². The number of carbonyl (C=O) groups is 3. The minimum atomic E-state index is -4.62. The molecular weight excluding hydrogens is 595 g/mol. The van der Waals surface area contributed by atoms with Gasteiger partial charge in [-0.25, -0.2) is 9.78 Å². The SMILES string of the molecule is CNC(=O)CN1C(=O)N(c2cc(NC(=O)c3cccc(C(F)(F)F)c3)cc(OC)c2)Cc2cnc(Nc3cc(C)nn3C)nc21. The number of aromatic nitrogens is 4. The summed E-state index contributed by atoms with van der Waals surface area (Å²) in [4.78, 5) is 50.7. The maximum atomic E-state index is 13.9. The van der Waals surface area contributed by atoms with Gasteiger partial charge in [0.1, 0.15) is 23.9 Å². The number of aryl methyl sites for hydroxylation is 2. The van der Waals surface area contributed by atoms with E-state index in [0.717, 1.165) is 23.9 Å². The molecule has 5 rings (SSSR count). The fourth-order valence-corrected chi connectivity index (χ4v) is 4.66. The lowest BCUT2D eigenvalue weighted by Crippen LogP contribution is -2.51. The Morgan fingerprint density at radius 1 is 1.11 bits per heavy atom. The number of methoxy groups -OCH3 is 1. The third-order valence-electron chi connectivity index (χ3n) is 6.86. The van der Waals surface area contributed by atoms with Crippen LogP contribution >= 0.6 is 0 Å². The fraction of sp³-hybridized carbons (Fsp3) is 0.241. The molecule has 0 fully saturated rings. The van der Waals surface area contributed by atoms with Crippen LogP contribution in [-0.2, 0) is 24.6 Å². The molecule has 0 atom stereocenters. The highest BCUT2D eigenvalue weighted by Crippen LogP contribution is 2.35. The Morgan fingerprint density at radius 2 is 1.89 bits per heavy atom. The number of hydrogen-bond donors (Lipinski definition) is 3. The zero-order chi connectivity index (χ0) is 32.5. The van der Waals surface area contributed by atoms with E-state index in [0.29, 0.717) is 11.4 Å². The number of halogens is 3. The number of hydrogen-bond acceptors (Lipinski definition) is 8. The van der Waals surface area contributed by atoms with Crippen LogP contribution in [0.3, 0.4) is 0 Å². The van der Waals surface area contributed by atoms with Gasteiger partial charge in [0.25, 0.3) is 5.91 Å². The molecule has 0 bridgehead atoms. The number of nitrogens with zero attached hydrogens (tertiary/aromatic N) is 6. The summed E-state index contributed by atoms with van der Waals surface area (Å²) in [6.45, 7) is 1.47. The van der Waals surface area contributed by atoms with Crippen molar-refractivity contribution < 1.29 is 32.3 Å². The van der Waals surface area contributed by atoms with Gasteiger partial charge in [0.2, 0.25) is 11.9 Å². The van der Waals surface area contributed by atoms with Crippen molar-refractivity contribution in [3.8, 4) is 5.75 Å². The first kappa shape index (κ1) is 30.8. The normalized spacial score (nSPS) is 12.9. The van der Waals surface area contributed by atoms with Gasteiger partial charge in [-0.1, -0.05) is 6.07 Å². The number of amides is 4. The van der Waals surface area contributed by atoms with Crippen molar-refractivity contribution in [2.75, 3.05) is 41.1 Å². The van der Waals surface area contributed by atoms with Gasteiger partial charge in [-0.3, -0.25) is 24.1 Å². The predicted octanol–water partition coefficient (Wildman–Crippen LogP) is 4.23. The van der Waals surface area contributed by atoms with Crippen molar-refractivity contribution in [2.45, 2.75) is 19.6 Å². The van der Waals surface area contributed by atoms with E-state index in [1.165, 1.54) is 48.4 Å². The van der Waals surface area contributed by atoms with Crippen molar-refractivity contribution in [1.82, 2.24) is 25.1 Å². The van der Waals surface area contributed by atoms with E-state index in [1.807, 2.05) is 6.92 Å². The summed E-state index contributed by atoms with van der Waals surface area (Å²) in [5.41, 5.74) is 0.545. The zero-order valence-electron chi connectivity index (χ0n) is 24.6. The molecule has 1 aliphatic rings. The highest BCUT2D eigenvalue weighted by atomic mass is 19.4. The molecule has 0 spiro atoms. The second kappa shape index (κ2) is 12.1. The number of rotatable bonds is 8. The standard InChI is InChI=1S/C29H28F3N9O4/c1-16-8-23(39(3)38-16)36-27-34-13-18-14-40(28(44)41(25(18)37-27)15-24(42)33-2)21-10-20(11-22(12-21)45-4)35-26(43)17-6-5-7-19(9-17)29(30,31)32/h5-13H,14-15H2,1-4H3,(H,33,42)(H,35,43)(H,34,36,37). The molecule has 0 saturated carbocycles. The lowest BCUT2D eigenvalue weighted by molar-refractivity contribution is -0.137. The van der Waals surface area contributed by atoms with Crippen LogP contribution in [0.25, 0.3) is 0 Å². The summed E-state index contributed by atoms with van der Waals surface area (Å²) in [5, 5.41) is 12.4. The topological polar surface area (TPSA) is 147 Å². The number of fused-ring (bicyclic) bond motifs is 1. The molecule has 2 aromatic heterocycles. The second-order valence-electron chi connectivity index (χ2n) is 10.0. The summed E-state index contributed by atoms with van der Waals surface area (Å²) >= 11 is 0. The summed E-state index contributed by atoms with van der Waals surface area (Å²) in [6.07, 6.45) is -3.09. The van der Waals surface area contributed by atoms with E-state index in [1.54, 1.807) is 23.9 Å². The first-order valence-electron chi connectivity index (χ1n) is 13.5. The summed E-state index contributed by atoms with van der Waals surface area (Å²) < 4.78 is 46.6. The van der Waals surface area contributed by atoms with Gasteiger partial charge in [-0.15, -0.1) is 0 Å². The molecule has 4 aromatic rings. The van der Waals surface area contributed by atoms with Gasteiger partial charge in [0, 0.05) is 55.3 Å². The van der Waals surface area contributed by atoms with Gasteiger partial charge >= 0.3 is 12.2 Å². The van der Waals surface area contributed by atoms with Crippen molar-refractivity contribution in [3.05, 3.63) is 77.1 Å². The Balaban J connectivity index is 1.47. The van der Waals surface area contributed by atoms with Gasteiger partial charge in [-0.05, 0) is 31.2 Å². The number of ether oxygens (including phenoxy) is 1. The molecule has 45 heavy (non-hydrogen) atoms. The molecule has 0 radical (unpaired) electrons. The van der Waals surface area contributed by atoms with Crippen LogP contribution in [0.15, 0.2) is 54.7 Å². The van der Waals surface area contributed by atoms with Gasteiger partial charge < -0.3 is 20.7 Å². The van der Waals surface area contributed by atoms with E-state index in [-0.39, 0.29) is 47.5 Å². The quantitative estimate of drug-likeness (QED) is 0.264. The molecule has 0 aliphatic carbocycles. The Kier molecular flexibility index (Phi) is 8.30. The van der Waals surface area contributed by atoms with Crippen molar-refractivity contribution >= 4 is 46.8 Å². The lowest BCUT2D eigenvalue weighted by atomic mass is 10.1. The number of nitrogens with one attached hydrogen (secondary N) is 3. The summed E-state index contributed by atoms with van der Waals surface area (Å²) in [7, 11) is 4.57. The molecule has 3 heterocycles. The largest absolute Gasteiger partial charge is 0.497 e. The molecule has 16 heteroatoms. The Bertz CT molecular complexity index is 1790. The second-order valence-corrected chi connectivity index (χ2v) is 10.0. The number of anilines is 5. The van der Waals surface area contributed by atoms with Crippen LogP contribution in [0.4, 0.5) is 46.9 Å². The van der Waals surface area contributed by atoms with Crippen LogP contribution < -0.4 is 30.5 Å². The van der Waals surface area contributed by atoms with Crippen LogP contribution in [0.2, 0.25) is 0 Å². The number of carbonyl (C=O) groups excluding carboxylic acids is 3. The van der Waals surface area contributed by atoms with Crippen LogP contribution in [0.1, 0.15) is 27.2 Å². The number of benzene rings is 2. The molecule has 234 valence electrons. The first-order chi connectivity index (χ1) is 21.4. The minimum absolute atomic E-state index is 0.00229. The number of likely N-dealkylation sites (N-methyl/N-ethyl adjacent to an activating group) is 1. The van der Waals surface area contributed by atoms with Crippen LogP contribution in [0, 0.1) is 6.92 Å². The average Bonchev–Trinajstić information content (AvgIpc) is 3.33. The van der Waals surface area contributed by atoms with E-state index >= 15 is 0 Å². The fourth-order valence-electron chi connectivity index (χ4n) is 4.66. The molecule has 3 N–H and O–H groups in total. The molecule has 0 unspecified atom stereocenters. The van der Waals surface area contributed by atoms with Crippen LogP contribution in [0.5, 0.6) is 5.75 Å². The van der Waals surface area contributed by atoms with Crippen LogP contribution in [-0.4, -0.2) is 58.3 Å². The first-order valence-corrected chi connectivity index (χ1v) is 13.5. The Morgan fingerprint density at radius 3 is 2.56 bits per heavy atom. The average molecular weight is 624 g/mol. The van der Waals surface area contributed by atoms with Crippen molar-refractivity contribution in [2.24, 2.45) is 7.05 Å². The Hall–Kier alpha value is -5.67. The summed E-state index contributed by atoms with van der Waals surface area (Å²) in [6, 6.07) is 9.68. The van der Waals surface area contributed by atoms with E-state index < -0.39 is 29.6 Å². The minimum Gasteiger partial charge on any atom is -0.497 e. The van der Waals surface area contributed by atoms with Crippen molar-refractivity contribution in [1.29, 1.82) is 0 Å². The van der Waals surface area contributed by atoms with Gasteiger partial charge in [0.15, 0.2) is 0 Å². The maximum absolute atomic E-state index is 13.9. The lowest BCUT2D eigenvalue weighted by Gasteiger charge is -2.36. The molecule has 13 nitrogen and oxygen atoms in total.